The molecule has 0 saturated carbocycles. The first-order chi connectivity index (χ1) is 9.28. The summed E-state index contributed by atoms with van der Waals surface area (Å²) in [7, 11) is 0. The van der Waals surface area contributed by atoms with Gasteiger partial charge in [-0.15, -0.1) is 11.3 Å². The van der Waals surface area contributed by atoms with E-state index in [1.54, 1.807) is 33.0 Å². The normalized spacial score (nSPS) is 11.3. The molecule has 0 aliphatic heterocycles. The summed E-state index contributed by atoms with van der Waals surface area (Å²) in [6.45, 7) is 5.20. The van der Waals surface area contributed by atoms with Crippen LogP contribution in [0.25, 0.3) is 10.1 Å². The lowest BCUT2D eigenvalue weighted by atomic mass is 10.2. The molecule has 2 aromatic rings. The highest BCUT2D eigenvalue weighted by atomic mass is 32.1. The Kier molecular flexibility index (Phi) is 3.63. The van der Waals surface area contributed by atoms with E-state index in [4.69, 9.17) is 4.74 Å². The molecule has 0 atom stereocenters. The van der Waals surface area contributed by atoms with Gasteiger partial charge in [-0.3, -0.25) is 10.3 Å². The lowest BCUT2D eigenvalue weighted by Crippen LogP contribution is -2.27. The van der Waals surface area contributed by atoms with E-state index in [9.17, 15) is 14.7 Å². The average Bonchev–Trinajstić information content (AvgIpc) is 2.66. The number of hydrogen-bond acceptors (Lipinski definition) is 5. The molecule has 1 amide bonds. The van der Waals surface area contributed by atoms with Crippen LogP contribution in [0.3, 0.4) is 0 Å². The van der Waals surface area contributed by atoms with Crippen LogP contribution in [0.4, 0.5) is 10.5 Å². The molecular formula is C13H14N2O4S. The van der Waals surface area contributed by atoms with Gasteiger partial charge in [-0.2, -0.15) is 0 Å². The highest BCUT2D eigenvalue weighted by Crippen LogP contribution is 2.35. The van der Waals surface area contributed by atoms with Gasteiger partial charge in [0.2, 0.25) is 0 Å². The van der Waals surface area contributed by atoms with Gasteiger partial charge < -0.3 is 9.84 Å². The fourth-order valence-electron chi connectivity index (χ4n) is 1.62. The summed E-state index contributed by atoms with van der Waals surface area (Å²) < 4.78 is 5.88. The number of nitrogens with zero attached hydrogens (tertiary/aromatic N) is 1. The van der Waals surface area contributed by atoms with Crippen molar-refractivity contribution in [3.63, 3.8) is 0 Å². The van der Waals surface area contributed by atoms with Crippen LogP contribution in [0.5, 0.6) is 0 Å². The number of fused-ring (bicyclic) bond motifs is 1. The molecule has 0 radical (unpaired) electrons. The van der Waals surface area contributed by atoms with E-state index in [1.807, 2.05) is 0 Å². The van der Waals surface area contributed by atoms with E-state index in [1.165, 1.54) is 6.20 Å². The van der Waals surface area contributed by atoms with Crippen molar-refractivity contribution in [2.75, 3.05) is 5.32 Å². The summed E-state index contributed by atoms with van der Waals surface area (Å²) in [5, 5.41) is 12.3. The minimum Gasteiger partial charge on any atom is -0.477 e. The van der Waals surface area contributed by atoms with Crippen LogP contribution in [0, 0.1) is 0 Å². The third kappa shape index (κ3) is 3.05. The number of amides is 1. The Balaban J connectivity index is 2.39. The van der Waals surface area contributed by atoms with Crippen molar-refractivity contribution in [2.24, 2.45) is 0 Å². The number of rotatable bonds is 2. The van der Waals surface area contributed by atoms with E-state index in [0.29, 0.717) is 5.39 Å². The molecule has 2 rings (SSSR count). The van der Waals surface area contributed by atoms with Crippen LogP contribution in [0.15, 0.2) is 18.5 Å². The van der Waals surface area contributed by atoms with Crippen molar-refractivity contribution >= 4 is 39.2 Å². The third-order valence-electron chi connectivity index (χ3n) is 2.31. The molecule has 2 aromatic heterocycles. The Morgan fingerprint density at radius 3 is 2.70 bits per heavy atom. The largest absolute Gasteiger partial charge is 0.477 e. The Morgan fingerprint density at radius 1 is 1.40 bits per heavy atom. The highest BCUT2D eigenvalue weighted by Gasteiger charge is 2.22. The molecule has 0 bridgehead atoms. The molecule has 0 saturated heterocycles. The maximum Gasteiger partial charge on any atom is 0.412 e. The molecule has 0 unspecified atom stereocenters. The first-order valence-electron chi connectivity index (χ1n) is 5.88. The number of aromatic nitrogens is 1. The van der Waals surface area contributed by atoms with Crippen molar-refractivity contribution in [1.29, 1.82) is 0 Å². The molecule has 2 N–H and O–H groups in total. The first kappa shape index (κ1) is 14.3. The molecular weight excluding hydrogens is 280 g/mol. The number of carboxylic acid groups (broad SMARTS) is 1. The molecule has 0 aliphatic rings. The summed E-state index contributed by atoms with van der Waals surface area (Å²) >= 11 is 1.08. The highest BCUT2D eigenvalue weighted by molar-refractivity contribution is 7.21. The smallest absolute Gasteiger partial charge is 0.412 e. The summed E-state index contributed by atoms with van der Waals surface area (Å²) in [6, 6.07) is 1.70. The Labute approximate surface area is 119 Å². The number of carbonyl (C=O) groups excluding carboxylic acids is 1. The summed E-state index contributed by atoms with van der Waals surface area (Å²) in [6.07, 6.45) is 2.40. The first-order valence-corrected chi connectivity index (χ1v) is 6.69. The Bertz CT molecular complexity index is 673. The van der Waals surface area contributed by atoms with Crippen LogP contribution in [0.1, 0.15) is 30.4 Å². The molecule has 0 aliphatic carbocycles. The second kappa shape index (κ2) is 5.09. The van der Waals surface area contributed by atoms with Gasteiger partial charge in [0.05, 0.1) is 5.69 Å². The van der Waals surface area contributed by atoms with Crippen LogP contribution < -0.4 is 5.32 Å². The Hall–Kier alpha value is -2.15. The standard InChI is InChI=1S/C13H14N2O4S/c1-13(2,3)19-12(18)15-9-7-6-14-5-4-8(7)20-10(9)11(16)17/h4-6H,1-3H3,(H,15,18)(H,16,17). The maximum absolute atomic E-state index is 11.8. The SMILES string of the molecule is CC(C)(C)OC(=O)Nc1c(C(=O)O)sc2ccncc12. The second-order valence-corrected chi connectivity index (χ2v) is 6.16. The number of ether oxygens (including phenoxy) is 1. The molecule has 6 nitrogen and oxygen atoms in total. The van der Waals surface area contributed by atoms with Gasteiger partial charge in [-0.25, -0.2) is 9.59 Å². The molecule has 0 fully saturated rings. The summed E-state index contributed by atoms with van der Waals surface area (Å²) in [5.41, 5.74) is -0.433. The van der Waals surface area contributed by atoms with E-state index in [0.717, 1.165) is 16.0 Å². The van der Waals surface area contributed by atoms with Crippen LogP contribution in [-0.2, 0) is 4.74 Å². The van der Waals surface area contributed by atoms with Crippen LogP contribution in [-0.4, -0.2) is 27.8 Å². The molecule has 2 heterocycles. The zero-order chi connectivity index (χ0) is 14.9. The van der Waals surface area contributed by atoms with Gasteiger partial charge in [0.1, 0.15) is 10.5 Å². The lowest BCUT2D eigenvalue weighted by Gasteiger charge is -2.19. The van der Waals surface area contributed by atoms with Gasteiger partial charge in [0.25, 0.3) is 0 Å². The van der Waals surface area contributed by atoms with E-state index >= 15 is 0 Å². The fraction of sp³-hybridized carbons (Fsp3) is 0.308. The number of carboxylic acids is 1. The van der Waals surface area contributed by atoms with Crippen molar-refractivity contribution in [1.82, 2.24) is 4.98 Å². The van der Waals surface area contributed by atoms with Crippen LogP contribution >= 0.6 is 11.3 Å². The quantitative estimate of drug-likeness (QED) is 0.886. The second-order valence-electron chi connectivity index (χ2n) is 5.11. The van der Waals surface area contributed by atoms with Crippen molar-refractivity contribution < 1.29 is 19.4 Å². The van der Waals surface area contributed by atoms with E-state index in [-0.39, 0.29) is 10.6 Å². The number of pyridine rings is 1. The topological polar surface area (TPSA) is 88.5 Å². The fourth-order valence-corrected chi connectivity index (χ4v) is 2.59. The number of carbonyl (C=O) groups is 2. The lowest BCUT2D eigenvalue weighted by molar-refractivity contribution is 0.0636. The maximum atomic E-state index is 11.8. The minimum atomic E-state index is -1.10. The number of nitrogens with one attached hydrogen (secondary N) is 1. The predicted octanol–water partition coefficient (Wildman–Crippen LogP) is 3.34. The van der Waals surface area contributed by atoms with Crippen molar-refractivity contribution in [3.8, 4) is 0 Å². The zero-order valence-corrected chi connectivity index (χ0v) is 12.1. The van der Waals surface area contributed by atoms with Gasteiger partial charge in [-0.05, 0) is 26.8 Å². The Morgan fingerprint density at radius 2 is 2.10 bits per heavy atom. The van der Waals surface area contributed by atoms with Crippen molar-refractivity contribution in [3.05, 3.63) is 23.3 Å². The molecule has 7 heteroatoms. The van der Waals surface area contributed by atoms with Crippen molar-refractivity contribution in [2.45, 2.75) is 26.4 Å². The van der Waals surface area contributed by atoms with Crippen LogP contribution in [0.2, 0.25) is 0 Å². The number of hydrogen-bond donors (Lipinski definition) is 2. The summed E-state index contributed by atoms with van der Waals surface area (Å²) in [4.78, 5) is 27.1. The number of thiophene rings is 1. The number of anilines is 1. The van der Waals surface area contributed by atoms with Gasteiger partial charge in [0.15, 0.2) is 0 Å². The van der Waals surface area contributed by atoms with E-state index < -0.39 is 17.7 Å². The third-order valence-corrected chi connectivity index (χ3v) is 3.47. The predicted molar refractivity (Wildman–Crippen MR) is 76.4 cm³/mol. The monoisotopic (exact) mass is 294 g/mol. The van der Waals surface area contributed by atoms with Gasteiger partial charge in [-0.1, -0.05) is 0 Å². The minimum absolute atomic E-state index is 0.0545. The average molecular weight is 294 g/mol. The zero-order valence-electron chi connectivity index (χ0n) is 11.3. The van der Waals surface area contributed by atoms with Gasteiger partial charge >= 0.3 is 12.1 Å². The molecule has 20 heavy (non-hydrogen) atoms. The summed E-state index contributed by atoms with van der Waals surface area (Å²) in [5.74, 6) is -1.10. The molecule has 0 spiro atoms. The molecule has 0 aromatic carbocycles. The van der Waals surface area contributed by atoms with Gasteiger partial charge in [0, 0.05) is 22.5 Å². The molecule has 106 valence electrons. The van der Waals surface area contributed by atoms with E-state index in [2.05, 4.69) is 10.3 Å². The number of aromatic carboxylic acids is 1.